The largest absolute Gasteiger partial charge is 0.376 e. The zero-order chi connectivity index (χ0) is 18.2. The van der Waals surface area contributed by atoms with E-state index in [2.05, 4.69) is 42.7 Å². The summed E-state index contributed by atoms with van der Waals surface area (Å²) < 4.78 is 5.87. The zero-order valence-electron chi connectivity index (χ0n) is 15.4. The number of rotatable bonds is 7. The van der Waals surface area contributed by atoms with Gasteiger partial charge in [0.15, 0.2) is 0 Å². The first kappa shape index (κ1) is 19.0. The summed E-state index contributed by atoms with van der Waals surface area (Å²) in [7, 11) is 0. The van der Waals surface area contributed by atoms with Crippen LogP contribution in [0.1, 0.15) is 24.0 Å². The summed E-state index contributed by atoms with van der Waals surface area (Å²) in [6.45, 7) is 3.15. The topological polar surface area (TPSA) is 29.5 Å². The Morgan fingerprint density at radius 3 is 2.38 bits per heavy atom. The molecular weight excluding hydrogens is 342 g/mol. The second-order valence-electron chi connectivity index (χ2n) is 6.85. The molecule has 0 atom stereocenters. The van der Waals surface area contributed by atoms with Crippen molar-refractivity contribution in [2.75, 3.05) is 26.0 Å². The van der Waals surface area contributed by atoms with Crippen LogP contribution in [0.3, 0.4) is 0 Å². The molecule has 1 heterocycles. The minimum atomic E-state index is 0.241. The average Bonchev–Trinajstić information content (AvgIpc) is 2.70. The molecular formula is C22H27NO2S. The Morgan fingerprint density at radius 2 is 1.73 bits per heavy atom. The molecule has 138 valence electrons. The highest BCUT2D eigenvalue weighted by atomic mass is 32.2. The molecule has 0 radical (unpaired) electrons. The number of thioether (sulfide) groups is 1. The Morgan fingerprint density at radius 1 is 1.04 bits per heavy atom. The first-order valence-corrected chi connectivity index (χ1v) is 10.5. The highest BCUT2D eigenvalue weighted by molar-refractivity contribution is 7.98. The fraction of sp³-hybridized carbons (Fsp3) is 0.409. The van der Waals surface area contributed by atoms with Gasteiger partial charge in [-0.15, -0.1) is 11.8 Å². The Bertz CT molecular complexity index is 679. The molecule has 0 aliphatic carbocycles. The van der Waals surface area contributed by atoms with Gasteiger partial charge in [-0.05, 0) is 48.3 Å². The van der Waals surface area contributed by atoms with Crippen LogP contribution < -0.4 is 0 Å². The van der Waals surface area contributed by atoms with Gasteiger partial charge in [-0.3, -0.25) is 4.79 Å². The number of piperidine rings is 1. The molecule has 4 heteroatoms. The van der Waals surface area contributed by atoms with Crippen LogP contribution in [0.4, 0.5) is 0 Å². The predicted octanol–water partition coefficient (Wildman–Crippen LogP) is 4.41. The van der Waals surface area contributed by atoms with Crippen molar-refractivity contribution in [3.63, 3.8) is 0 Å². The SMILES string of the molecule is CSc1ccc(CC(=O)N2CCC(COCc3ccccc3)CC2)cc1. The van der Waals surface area contributed by atoms with Gasteiger partial charge < -0.3 is 9.64 Å². The number of hydrogen-bond donors (Lipinski definition) is 0. The fourth-order valence-corrected chi connectivity index (χ4v) is 3.70. The molecule has 1 saturated heterocycles. The van der Waals surface area contributed by atoms with E-state index in [1.54, 1.807) is 11.8 Å². The molecule has 0 bridgehead atoms. The second kappa shape index (κ2) is 9.79. The van der Waals surface area contributed by atoms with E-state index in [0.717, 1.165) is 38.1 Å². The maximum atomic E-state index is 12.5. The lowest BCUT2D eigenvalue weighted by Gasteiger charge is -2.32. The van der Waals surface area contributed by atoms with Crippen LogP contribution >= 0.6 is 11.8 Å². The predicted molar refractivity (Wildman–Crippen MR) is 107 cm³/mol. The van der Waals surface area contributed by atoms with Gasteiger partial charge in [0.2, 0.25) is 5.91 Å². The molecule has 1 aliphatic heterocycles. The molecule has 1 aliphatic rings. The van der Waals surface area contributed by atoms with Gasteiger partial charge in [0.1, 0.15) is 0 Å². The summed E-state index contributed by atoms with van der Waals surface area (Å²) in [5.74, 6) is 0.800. The van der Waals surface area contributed by atoms with Crippen molar-refractivity contribution >= 4 is 17.7 Å². The Kier molecular flexibility index (Phi) is 7.15. The monoisotopic (exact) mass is 369 g/mol. The molecule has 2 aromatic carbocycles. The third kappa shape index (κ3) is 5.61. The van der Waals surface area contributed by atoms with E-state index in [0.29, 0.717) is 18.9 Å². The average molecular weight is 370 g/mol. The molecule has 3 nitrogen and oxygen atoms in total. The van der Waals surface area contributed by atoms with Crippen molar-refractivity contribution in [2.45, 2.75) is 30.8 Å². The van der Waals surface area contributed by atoms with Crippen molar-refractivity contribution in [2.24, 2.45) is 5.92 Å². The number of carbonyl (C=O) groups excluding carboxylic acids is 1. The Labute approximate surface area is 160 Å². The van der Waals surface area contributed by atoms with Crippen molar-refractivity contribution in [3.8, 4) is 0 Å². The van der Waals surface area contributed by atoms with Crippen molar-refractivity contribution < 1.29 is 9.53 Å². The number of likely N-dealkylation sites (tertiary alicyclic amines) is 1. The van der Waals surface area contributed by atoms with Gasteiger partial charge >= 0.3 is 0 Å². The highest BCUT2D eigenvalue weighted by Gasteiger charge is 2.22. The second-order valence-corrected chi connectivity index (χ2v) is 7.73. The molecule has 1 amide bonds. The third-order valence-corrected chi connectivity index (χ3v) is 5.69. The maximum absolute atomic E-state index is 12.5. The first-order valence-electron chi connectivity index (χ1n) is 9.27. The van der Waals surface area contributed by atoms with Gasteiger partial charge in [0.05, 0.1) is 13.0 Å². The standard InChI is InChI=1S/C22H27NO2S/c1-26-21-9-7-18(8-10-21)15-22(24)23-13-11-20(12-14-23)17-25-16-19-5-3-2-4-6-19/h2-10,20H,11-17H2,1H3. The van der Waals surface area contributed by atoms with Gasteiger partial charge in [-0.25, -0.2) is 0 Å². The van der Waals surface area contributed by atoms with Crippen molar-refractivity contribution in [1.29, 1.82) is 0 Å². The first-order chi connectivity index (χ1) is 12.7. The van der Waals surface area contributed by atoms with E-state index in [-0.39, 0.29) is 5.91 Å². The van der Waals surface area contributed by atoms with Crippen LogP contribution in [0, 0.1) is 5.92 Å². The fourth-order valence-electron chi connectivity index (χ4n) is 3.30. The van der Waals surface area contributed by atoms with Gasteiger partial charge in [0, 0.05) is 24.6 Å². The van der Waals surface area contributed by atoms with Crippen molar-refractivity contribution in [3.05, 3.63) is 65.7 Å². The molecule has 0 spiro atoms. The number of carbonyl (C=O) groups is 1. The van der Waals surface area contributed by atoms with E-state index in [1.165, 1.54) is 10.5 Å². The van der Waals surface area contributed by atoms with E-state index < -0.39 is 0 Å². The van der Waals surface area contributed by atoms with Crippen LogP contribution in [-0.4, -0.2) is 36.8 Å². The summed E-state index contributed by atoms with van der Waals surface area (Å²) in [6.07, 6.45) is 4.63. The molecule has 2 aromatic rings. The minimum absolute atomic E-state index is 0.241. The number of amides is 1. The zero-order valence-corrected chi connectivity index (χ0v) is 16.2. The van der Waals surface area contributed by atoms with Crippen LogP contribution in [0.5, 0.6) is 0 Å². The molecule has 0 saturated carbocycles. The lowest BCUT2D eigenvalue weighted by atomic mass is 9.97. The molecule has 0 unspecified atom stereocenters. The third-order valence-electron chi connectivity index (χ3n) is 4.95. The van der Waals surface area contributed by atoms with Crippen LogP contribution in [0.15, 0.2) is 59.5 Å². The lowest BCUT2D eigenvalue weighted by molar-refractivity contribution is -0.132. The van der Waals surface area contributed by atoms with E-state index >= 15 is 0 Å². The van der Waals surface area contributed by atoms with Crippen LogP contribution in [0.2, 0.25) is 0 Å². The van der Waals surface area contributed by atoms with Gasteiger partial charge in [-0.2, -0.15) is 0 Å². The molecule has 3 rings (SSSR count). The summed E-state index contributed by atoms with van der Waals surface area (Å²) in [5.41, 5.74) is 2.31. The lowest BCUT2D eigenvalue weighted by Crippen LogP contribution is -2.40. The summed E-state index contributed by atoms with van der Waals surface area (Å²) >= 11 is 1.72. The Balaban J connectivity index is 1.37. The molecule has 0 N–H and O–H groups in total. The summed E-state index contributed by atoms with van der Waals surface area (Å²) in [5, 5.41) is 0. The highest BCUT2D eigenvalue weighted by Crippen LogP contribution is 2.20. The molecule has 1 fully saturated rings. The number of nitrogens with zero attached hydrogens (tertiary/aromatic N) is 1. The Hall–Kier alpha value is -1.78. The smallest absolute Gasteiger partial charge is 0.226 e. The van der Waals surface area contributed by atoms with E-state index in [1.807, 2.05) is 23.1 Å². The van der Waals surface area contributed by atoms with E-state index in [9.17, 15) is 4.79 Å². The number of hydrogen-bond acceptors (Lipinski definition) is 3. The molecule has 0 aromatic heterocycles. The van der Waals surface area contributed by atoms with Crippen LogP contribution in [0.25, 0.3) is 0 Å². The normalized spacial score (nSPS) is 15.2. The maximum Gasteiger partial charge on any atom is 0.226 e. The van der Waals surface area contributed by atoms with Gasteiger partial charge in [0.25, 0.3) is 0 Å². The summed E-state index contributed by atoms with van der Waals surface area (Å²) in [4.78, 5) is 15.8. The van der Waals surface area contributed by atoms with E-state index in [4.69, 9.17) is 4.74 Å². The quantitative estimate of drug-likeness (QED) is 0.677. The minimum Gasteiger partial charge on any atom is -0.376 e. The number of ether oxygens (including phenoxy) is 1. The summed E-state index contributed by atoms with van der Waals surface area (Å²) in [6, 6.07) is 18.6. The van der Waals surface area contributed by atoms with Gasteiger partial charge in [-0.1, -0.05) is 42.5 Å². The molecule has 26 heavy (non-hydrogen) atoms. The van der Waals surface area contributed by atoms with Crippen LogP contribution in [-0.2, 0) is 22.6 Å². The van der Waals surface area contributed by atoms with Crippen molar-refractivity contribution in [1.82, 2.24) is 4.90 Å². The number of benzene rings is 2.